The number of carbonyl (C=O) groups excluding carboxylic acids is 1. The Morgan fingerprint density at radius 3 is 2.16 bits per heavy atom. The molecule has 4 heteroatoms. The zero-order valence-corrected chi connectivity index (χ0v) is 15.9. The van der Waals surface area contributed by atoms with Gasteiger partial charge in [-0.15, -0.1) is 0 Å². The number of carbonyl (C=O) groups is 1. The Bertz CT molecular complexity index is 716. The number of hydrogen-bond donors (Lipinski definition) is 2. The molecular formula is C21H29N3O. The molecule has 0 fully saturated rings. The lowest BCUT2D eigenvalue weighted by molar-refractivity contribution is -0.114. The van der Waals surface area contributed by atoms with Gasteiger partial charge >= 0.3 is 0 Å². The molecule has 134 valence electrons. The van der Waals surface area contributed by atoms with Crippen LogP contribution in [-0.4, -0.2) is 25.5 Å². The van der Waals surface area contributed by atoms with Crippen molar-refractivity contribution in [3.05, 3.63) is 53.1 Å². The van der Waals surface area contributed by atoms with Gasteiger partial charge < -0.3 is 15.5 Å². The van der Waals surface area contributed by atoms with Crippen LogP contribution in [0.3, 0.4) is 0 Å². The Morgan fingerprint density at radius 2 is 1.60 bits per heavy atom. The van der Waals surface area contributed by atoms with Gasteiger partial charge in [-0.1, -0.05) is 18.2 Å². The summed E-state index contributed by atoms with van der Waals surface area (Å²) >= 11 is 0. The van der Waals surface area contributed by atoms with E-state index in [-0.39, 0.29) is 12.5 Å². The van der Waals surface area contributed by atoms with Crippen molar-refractivity contribution in [2.75, 3.05) is 35.2 Å². The number of nitrogens with zero attached hydrogens (tertiary/aromatic N) is 1. The summed E-state index contributed by atoms with van der Waals surface area (Å²) in [5.74, 6) is -0.0404. The van der Waals surface area contributed by atoms with Gasteiger partial charge in [0.25, 0.3) is 0 Å². The maximum absolute atomic E-state index is 12.3. The molecule has 2 aromatic rings. The highest BCUT2D eigenvalue weighted by atomic mass is 16.1. The molecule has 0 bridgehead atoms. The second-order valence-electron chi connectivity index (χ2n) is 6.34. The summed E-state index contributed by atoms with van der Waals surface area (Å²) in [6.45, 7) is 12.6. The fourth-order valence-corrected chi connectivity index (χ4v) is 3.03. The Labute approximate surface area is 151 Å². The minimum absolute atomic E-state index is 0.0404. The summed E-state index contributed by atoms with van der Waals surface area (Å²) < 4.78 is 0. The van der Waals surface area contributed by atoms with Gasteiger partial charge in [-0.05, 0) is 69.5 Å². The van der Waals surface area contributed by atoms with Crippen molar-refractivity contribution in [1.29, 1.82) is 0 Å². The Kier molecular flexibility index (Phi) is 6.45. The summed E-state index contributed by atoms with van der Waals surface area (Å²) in [5, 5.41) is 6.25. The van der Waals surface area contributed by atoms with E-state index in [0.717, 1.165) is 41.2 Å². The summed E-state index contributed by atoms with van der Waals surface area (Å²) in [5.41, 5.74) is 6.45. The number of aryl methyl sites for hydroxylation is 3. The van der Waals surface area contributed by atoms with Crippen LogP contribution in [0.4, 0.5) is 17.1 Å². The molecule has 0 heterocycles. The van der Waals surface area contributed by atoms with Crippen molar-refractivity contribution in [3.8, 4) is 0 Å². The molecule has 0 radical (unpaired) electrons. The van der Waals surface area contributed by atoms with Crippen molar-refractivity contribution in [2.45, 2.75) is 34.6 Å². The number of amides is 1. The largest absolute Gasteiger partial charge is 0.376 e. The molecule has 0 unspecified atom stereocenters. The molecule has 2 rings (SSSR count). The predicted molar refractivity (Wildman–Crippen MR) is 108 cm³/mol. The molecule has 0 aliphatic rings. The highest BCUT2D eigenvalue weighted by molar-refractivity contribution is 5.94. The number of rotatable bonds is 7. The van der Waals surface area contributed by atoms with Crippen molar-refractivity contribution in [1.82, 2.24) is 0 Å². The van der Waals surface area contributed by atoms with E-state index < -0.39 is 0 Å². The van der Waals surface area contributed by atoms with Crippen LogP contribution in [0.5, 0.6) is 0 Å². The topological polar surface area (TPSA) is 44.4 Å². The van der Waals surface area contributed by atoms with Gasteiger partial charge in [-0.3, -0.25) is 4.79 Å². The number of benzene rings is 2. The molecule has 0 saturated carbocycles. The number of anilines is 3. The zero-order valence-electron chi connectivity index (χ0n) is 15.9. The SMILES string of the molecule is CCN(CC)c1ccc(NC(=O)CNc2c(C)cccc2C)c(C)c1. The van der Waals surface area contributed by atoms with E-state index >= 15 is 0 Å². The number of nitrogens with one attached hydrogen (secondary N) is 2. The lowest BCUT2D eigenvalue weighted by atomic mass is 10.1. The standard InChI is InChI=1S/C21H29N3O/c1-6-24(7-2)18-11-12-19(17(5)13-18)23-20(25)14-22-21-15(3)9-8-10-16(21)4/h8-13,22H,6-7,14H2,1-5H3,(H,23,25). The van der Waals surface area contributed by atoms with Gasteiger partial charge in [0.2, 0.25) is 5.91 Å². The van der Waals surface area contributed by atoms with E-state index in [2.05, 4.69) is 41.5 Å². The smallest absolute Gasteiger partial charge is 0.243 e. The van der Waals surface area contributed by atoms with Crippen molar-refractivity contribution in [2.24, 2.45) is 0 Å². The second-order valence-corrected chi connectivity index (χ2v) is 6.34. The van der Waals surface area contributed by atoms with Gasteiger partial charge in [-0.2, -0.15) is 0 Å². The fourth-order valence-electron chi connectivity index (χ4n) is 3.03. The van der Waals surface area contributed by atoms with E-state index in [4.69, 9.17) is 0 Å². The maximum Gasteiger partial charge on any atom is 0.243 e. The van der Waals surface area contributed by atoms with Gasteiger partial charge in [0.05, 0.1) is 6.54 Å². The zero-order chi connectivity index (χ0) is 18.4. The first-order valence-corrected chi connectivity index (χ1v) is 8.91. The molecule has 1 amide bonds. The molecule has 0 aliphatic carbocycles. The molecule has 25 heavy (non-hydrogen) atoms. The van der Waals surface area contributed by atoms with Gasteiger partial charge in [-0.25, -0.2) is 0 Å². The molecule has 2 N–H and O–H groups in total. The lowest BCUT2D eigenvalue weighted by Gasteiger charge is -2.22. The summed E-state index contributed by atoms with van der Waals surface area (Å²) in [7, 11) is 0. The van der Waals surface area contributed by atoms with Crippen molar-refractivity contribution < 1.29 is 4.79 Å². The van der Waals surface area contributed by atoms with E-state index in [9.17, 15) is 4.79 Å². The quantitative estimate of drug-likeness (QED) is 0.780. The first kappa shape index (κ1) is 18.8. The molecule has 0 aliphatic heterocycles. The minimum atomic E-state index is -0.0404. The first-order chi connectivity index (χ1) is 12.0. The van der Waals surface area contributed by atoms with Crippen molar-refractivity contribution in [3.63, 3.8) is 0 Å². The van der Waals surface area contributed by atoms with Crippen LogP contribution in [0.2, 0.25) is 0 Å². The molecule has 2 aromatic carbocycles. The highest BCUT2D eigenvalue weighted by Gasteiger charge is 2.09. The molecule has 4 nitrogen and oxygen atoms in total. The molecule has 0 spiro atoms. The Balaban J connectivity index is 2.01. The first-order valence-electron chi connectivity index (χ1n) is 8.91. The second kappa shape index (κ2) is 8.56. The molecule has 0 atom stereocenters. The summed E-state index contributed by atoms with van der Waals surface area (Å²) in [6, 6.07) is 12.3. The fraction of sp³-hybridized carbons (Fsp3) is 0.381. The van der Waals surface area contributed by atoms with Crippen molar-refractivity contribution >= 4 is 23.0 Å². The van der Waals surface area contributed by atoms with Gasteiger partial charge in [0.15, 0.2) is 0 Å². The average molecular weight is 339 g/mol. The maximum atomic E-state index is 12.3. The van der Waals surface area contributed by atoms with Crippen LogP contribution >= 0.6 is 0 Å². The van der Waals surface area contributed by atoms with Crippen LogP contribution in [0, 0.1) is 20.8 Å². The average Bonchev–Trinajstić information content (AvgIpc) is 2.58. The van der Waals surface area contributed by atoms with E-state index in [1.165, 1.54) is 5.69 Å². The Morgan fingerprint density at radius 1 is 0.960 bits per heavy atom. The number of hydrogen-bond acceptors (Lipinski definition) is 3. The monoisotopic (exact) mass is 339 g/mol. The van der Waals surface area contributed by atoms with Crippen LogP contribution in [0.15, 0.2) is 36.4 Å². The molecular weight excluding hydrogens is 310 g/mol. The summed E-state index contributed by atoms with van der Waals surface area (Å²) in [6.07, 6.45) is 0. The molecule has 0 saturated heterocycles. The third-order valence-electron chi connectivity index (χ3n) is 4.52. The van der Waals surface area contributed by atoms with E-state index in [0.29, 0.717) is 0 Å². The Hall–Kier alpha value is -2.49. The van der Waals surface area contributed by atoms with E-state index in [1.54, 1.807) is 0 Å². The highest BCUT2D eigenvalue weighted by Crippen LogP contribution is 2.23. The van der Waals surface area contributed by atoms with Crippen LogP contribution in [0.25, 0.3) is 0 Å². The lowest BCUT2D eigenvalue weighted by Crippen LogP contribution is -2.24. The van der Waals surface area contributed by atoms with Crippen LogP contribution in [-0.2, 0) is 4.79 Å². The number of para-hydroxylation sites is 1. The molecule has 0 aromatic heterocycles. The van der Waals surface area contributed by atoms with Crippen LogP contribution in [0.1, 0.15) is 30.5 Å². The van der Waals surface area contributed by atoms with Gasteiger partial charge in [0, 0.05) is 30.2 Å². The van der Waals surface area contributed by atoms with E-state index in [1.807, 2.05) is 45.0 Å². The normalized spacial score (nSPS) is 10.4. The third-order valence-corrected chi connectivity index (χ3v) is 4.52. The minimum Gasteiger partial charge on any atom is -0.376 e. The predicted octanol–water partition coefficient (Wildman–Crippen LogP) is 4.51. The third kappa shape index (κ3) is 4.75. The van der Waals surface area contributed by atoms with Gasteiger partial charge in [0.1, 0.15) is 0 Å². The summed E-state index contributed by atoms with van der Waals surface area (Å²) in [4.78, 5) is 14.6. The van der Waals surface area contributed by atoms with Crippen LogP contribution < -0.4 is 15.5 Å².